The largest absolute Gasteiger partial charge is 0.378 e. The number of hydrogen-bond acceptors (Lipinski definition) is 4. The maximum absolute atomic E-state index is 13.3. The highest BCUT2D eigenvalue weighted by Crippen LogP contribution is 2.19. The molecule has 2 aromatic carbocycles. The number of carbonyl (C=O) groups is 1. The SMILES string of the molecule is CN(CCC(=O)Nc1ccc(N2CCOCC2)cc1)Cc1ccc(F)c(F)c1. The van der Waals surface area contributed by atoms with Crippen molar-refractivity contribution in [2.45, 2.75) is 13.0 Å². The van der Waals surface area contributed by atoms with Gasteiger partial charge in [0, 0.05) is 44.0 Å². The molecule has 0 bridgehead atoms. The minimum atomic E-state index is -0.857. The fraction of sp³-hybridized carbons (Fsp3) is 0.381. The average Bonchev–Trinajstić information content (AvgIpc) is 2.70. The number of nitrogens with one attached hydrogen (secondary N) is 1. The molecular weight excluding hydrogens is 364 g/mol. The number of halogens is 2. The van der Waals surface area contributed by atoms with Crippen LogP contribution in [0.1, 0.15) is 12.0 Å². The monoisotopic (exact) mass is 389 g/mol. The highest BCUT2D eigenvalue weighted by Gasteiger charge is 2.12. The van der Waals surface area contributed by atoms with E-state index in [0.717, 1.165) is 43.7 Å². The van der Waals surface area contributed by atoms with Crippen molar-refractivity contribution in [2.75, 3.05) is 50.1 Å². The molecule has 1 heterocycles. The number of hydrogen-bond donors (Lipinski definition) is 1. The van der Waals surface area contributed by atoms with Gasteiger partial charge in [-0.05, 0) is 49.0 Å². The molecule has 5 nitrogen and oxygen atoms in total. The van der Waals surface area contributed by atoms with Gasteiger partial charge in [0.05, 0.1) is 13.2 Å². The summed E-state index contributed by atoms with van der Waals surface area (Å²) in [6, 6.07) is 11.6. The van der Waals surface area contributed by atoms with E-state index < -0.39 is 11.6 Å². The van der Waals surface area contributed by atoms with Crippen LogP contribution in [-0.4, -0.2) is 50.7 Å². The Labute approximate surface area is 163 Å². The number of benzene rings is 2. The molecule has 0 atom stereocenters. The molecule has 0 aliphatic carbocycles. The predicted molar refractivity (Wildman–Crippen MR) is 105 cm³/mol. The van der Waals surface area contributed by atoms with Crippen LogP contribution in [0, 0.1) is 11.6 Å². The highest BCUT2D eigenvalue weighted by atomic mass is 19.2. The third-order valence-corrected chi connectivity index (χ3v) is 4.68. The fourth-order valence-electron chi connectivity index (χ4n) is 3.12. The van der Waals surface area contributed by atoms with E-state index in [9.17, 15) is 13.6 Å². The van der Waals surface area contributed by atoms with Gasteiger partial charge in [0.15, 0.2) is 11.6 Å². The Morgan fingerprint density at radius 3 is 2.50 bits per heavy atom. The van der Waals surface area contributed by atoms with Crippen LogP contribution < -0.4 is 10.2 Å². The van der Waals surface area contributed by atoms with Crippen molar-refractivity contribution in [2.24, 2.45) is 0 Å². The van der Waals surface area contributed by atoms with E-state index in [1.807, 2.05) is 36.2 Å². The molecule has 0 unspecified atom stereocenters. The van der Waals surface area contributed by atoms with Gasteiger partial charge in [-0.3, -0.25) is 4.79 Å². The van der Waals surface area contributed by atoms with Crippen molar-refractivity contribution < 1.29 is 18.3 Å². The molecule has 0 radical (unpaired) electrons. The third-order valence-electron chi connectivity index (χ3n) is 4.68. The number of carbonyl (C=O) groups excluding carboxylic acids is 1. The summed E-state index contributed by atoms with van der Waals surface area (Å²) in [4.78, 5) is 16.3. The first kappa shape index (κ1) is 20.2. The summed E-state index contributed by atoms with van der Waals surface area (Å²) < 4.78 is 31.6. The molecule has 3 rings (SSSR count). The number of anilines is 2. The topological polar surface area (TPSA) is 44.8 Å². The van der Waals surface area contributed by atoms with Gasteiger partial charge in [0.1, 0.15) is 0 Å². The molecule has 0 spiro atoms. The number of nitrogens with zero attached hydrogens (tertiary/aromatic N) is 2. The smallest absolute Gasteiger partial charge is 0.225 e. The third kappa shape index (κ3) is 5.74. The van der Waals surface area contributed by atoms with Gasteiger partial charge in [0.2, 0.25) is 5.91 Å². The summed E-state index contributed by atoms with van der Waals surface area (Å²) in [5.74, 6) is -1.80. The Morgan fingerprint density at radius 2 is 1.82 bits per heavy atom. The highest BCUT2D eigenvalue weighted by molar-refractivity contribution is 5.91. The van der Waals surface area contributed by atoms with Crippen LogP contribution in [0.5, 0.6) is 0 Å². The van der Waals surface area contributed by atoms with Crippen molar-refractivity contribution in [1.29, 1.82) is 0 Å². The maximum atomic E-state index is 13.3. The zero-order valence-corrected chi connectivity index (χ0v) is 16.0. The second kappa shape index (κ2) is 9.61. The molecular formula is C21H25F2N3O2. The van der Waals surface area contributed by atoms with Crippen molar-refractivity contribution in [1.82, 2.24) is 4.90 Å². The van der Waals surface area contributed by atoms with Crippen LogP contribution in [0.4, 0.5) is 20.2 Å². The normalized spacial score (nSPS) is 14.4. The second-order valence-corrected chi connectivity index (χ2v) is 6.93. The van der Waals surface area contributed by atoms with Gasteiger partial charge in [-0.2, -0.15) is 0 Å². The summed E-state index contributed by atoms with van der Waals surface area (Å²) in [5, 5.41) is 2.89. The molecule has 1 N–H and O–H groups in total. The summed E-state index contributed by atoms with van der Waals surface area (Å²) in [6.45, 7) is 4.16. The molecule has 1 saturated heterocycles. The number of amides is 1. The average molecular weight is 389 g/mol. The Balaban J connectivity index is 1.43. The molecule has 7 heteroatoms. The molecule has 1 amide bonds. The minimum Gasteiger partial charge on any atom is -0.378 e. The van der Waals surface area contributed by atoms with E-state index in [-0.39, 0.29) is 5.91 Å². The van der Waals surface area contributed by atoms with E-state index in [1.165, 1.54) is 6.07 Å². The lowest BCUT2D eigenvalue weighted by Gasteiger charge is -2.28. The van der Waals surface area contributed by atoms with E-state index in [1.54, 1.807) is 6.07 Å². The van der Waals surface area contributed by atoms with Crippen LogP contribution >= 0.6 is 0 Å². The van der Waals surface area contributed by atoms with Gasteiger partial charge in [-0.25, -0.2) is 8.78 Å². The summed E-state index contributed by atoms with van der Waals surface area (Å²) in [7, 11) is 1.84. The molecule has 150 valence electrons. The lowest BCUT2D eigenvalue weighted by molar-refractivity contribution is -0.116. The van der Waals surface area contributed by atoms with E-state index in [4.69, 9.17) is 4.74 Å². The minimum absolute atomic E-state index is 0.0868. The lowest BCUT2D eigenvalue weighted by atomic mass is 10.2. The van der Waals surface area contributed by atoms with Crippen LogP contribution in [0.3, 0.4) is 0 Å². The molecule has 0 aromatic heterocycles. The molecule has 28 heavy (non-hydrogen) atoms. The zero-order valence-electron chi connectivity index (χ0n) is 16.0. The summed E-state index contributed by atoms with van der Waals surface area (Å²) in [5.41, 5.74) is 2.54. The predicted octanol–water partition coefficient (Wildman–Crippen LogP) is 3.26. The van der Waals surface area contributed by atoms with E-state index in [2.05, 4.69) is 10.2 Å². The number of ether oxygens (including phenoxy) is 1. The maximum Gasteiger partial charge on any atom is 0.225 e. The Hall–Kier alpha value is -2.51. The molecule has 1 fully saturated rings. The first-order valence-electron chi connectivity index (χ1n) is 9.36. The quantitative estimate of drug-likeness (QED) is 0.790. The van der Waals surface area contributed by atoms with Crippen molar-refractivity contribution >= 4 is 17.3 Å². The molecule has 0 saturated carbocycles. The van der Waals surface area contributed by atoms with Crippen LogP contribution in [0.25, 0.3) is 0 Å². The van der Waals surface area contributed by atoms with Crippen molar-refractivity contribution in [3.63, 3.8) is 0 Å². The Bertz CT molecular complexity index is 793. The van der Waals surface area contributed by atoms with Crippen LogP contribution in [0.2, 0.25) is 0 Å². The molecule has 1 aliphatic rings. The first-order chi connectivity index (χ1) is 13.5. The van der Waals surface area contributed by atoms with Gasteiger partial charge in [-0.15, -0.1) is 0 Å². The van der Waals surface area contributed by atoms with Gasteiger partial charge in [-0.1, -0.05) is 6.07 Å². The second-order valence-electron chi connectivity index (χ2n) is 6.93. The van der Waals surface area contributed by atoms with Crippen molar-refractivity contribution in [3.8, 4) is 0 Å². The lowest BCUT2D eigenvalue weighted by Crippen LogP contribution is -2.36. The van der Waals surface area contributed by atoms with Gasteiger partial charge >= 0.3 is 0 Å². The van der Waals surface area contributed by atoms with Crippen molar-refractivity contribution in [3.05, 3.63) is 59.7 Å². The summed E-state index contributed by atoms with van der Waals surface area (Å²) >= 11 is 0. The Morgan fingerprint density at radius 1 is 1.11 bits per heavy atom. The molecule has 2 aromatic rings. The molecule has 1 aliphatic heterocycles. The fourth-order valence-corrected chi connectivity index (χ4v) is 3.12. The zero-order chi connectivity index (χ0) is 19.9. The van der Waals surface area contributed by atoms with Crippen LogP contribution in [-0.2, 0) is 16.1 Å². The summed E-state index contributed by atoms with van der Waals surface area (Å²) in [6.07, 6.45) is 0.311. The van der Waals surface area contributed by atoms with Gasteiger partial charge < -0.3 is 19.9 Å². The van der Waals surface area contributed by atoms with E-state index in [0.29, 0.717) is 25.1 Å². The number of morpholine rings is 1. The van der Waals surface area contributed by atoms with Crippen LogP contribution in [0.15, 0.2) is 42.5 Å². The Kier molecular flexibility index (Phi) is 6.95. The van der Waals surface area contributed by atoms with Gasteiger partial charge in [0.25, 0.3) is 0 Å². The van der Waals surface area contributed by atoms with E-state index >= 15 is 0 Å². The number of rotatable bonds is 7. The first-order valence-corrected chi connectivity index (χ1v) is 9.36. The standard InChI is InChI=1S/C21H25F2N3O2/c1-25(15-16-2-7-19(22)20(23)14-16)9-8-21(27)24-17-3-5-18(6-4-17)26-10-12-28-13-11-26/h2-7,14H,8-13,15H2,1H3,(H,24,27).